The summed E-state index contributed by atoms with van der Waals surface area (Å²) in [5.74, 6) is 0. The van der Waals surface area contributed by atoms with Gasteiger partial charge in [0.05, 0.1) is 17.8 Å². The summed E-state index contributed by atoms with van der Waals surface area (Å²) >= 11 is 5.90. The Morgan fingerprint density at radius 3 is 2.83 bits per heavy atom. The van der Waals surface area contributed by atoms with Gasteiger partial charge in [0.1, 0.15) is 0 Å². The Morgan fingerprint density at radius 1 is 1.50 bits per heavy atom. The lowest BCUT2D eigenvalue weighted by Gasteiger charge is -1.98. The van der Waals surface area contributed by atoms with E-state index in [9.17, 15) is 0 Å². The van der Waals surface area contributed by atoms with Crippen LogP contribution in [0.3, 0.4) is 0 Å². The highest BCUT2D eigenvalue weighted by Gasteiger charge is 1.96. The van der Waals surface area contributed by atoms with Crippen LogP contribution in [0.1, 0.15) is 5.56 Å². The highest BCUT2D eigenvalue weighted by atomic mass is 35.5. The molecule has 64 valence electrons. The molecule has 0 saturated heterocycles. The molecule has 0 aliphatic carbocycles. The molecule has 1 aromatic carbocycles. The zero-order chi connectivity index (χ0) is 8.97. The van der Waals surface area contributed by atoms with Gasteiger partial charge in [0.25, 0.3) is 0 Å². The largest absolute Gasteiger partial charge is 0.486 e. The average Bonchev–Trinajstić information content (AvgIpc) is 2.03. The molecule has 0 aliphatic heterocycles. The lowest BCUT2D eigenvalue weighted by atomic mass is 10.2. The summed E-state index contributed by atoms with van der Waals surface area (Å²) in [5.41, 5.74) is 1.85. The summed E-state index contributed by atoms with van der Waals surface area (Å²) in [4.78, 5) is 3.99. The maximum Gasteiger partial charge on any atom is 0.174 e. The molecular formula is C9H10ClNO. The molecule has 0 fully saturated rings. The molecule has 0 amide bonds. The number of rotatable bonds is 2. The molecular weight excluding hydrogens is 174 g/mol. The van der Waals surface area contributed by atoms with Gasteiger partial charge in [-0.3, -0.25) is 0 Å². The van der Waals surface area contributed by atoms with Crippen LogP contribution >= 0.6 is 11.6 Å². The minimum Gasteiger partial charge on any atom is -0.486 e. The van der Waals surface area contributed by atoms with Crippen LogP contribution in [-0.2, 0) is 4.74 Å². The Bertz CT molecular complexity index is 297. The first kappa shape index (κ1) is 9.07. The van der Waals surface area contributed by atoms with Crippen LogP contribution in [0.25, 0.3) is 0 Å². The van der Waals surface area contributed by atoms with E-state index in [0.717, 1.165) is 11.3 Å². The summed E-state index contributed by atoms with van der Waals surface area (Å²) in [6, 6.07) is 5.67. The number of nitrogens with zero attached hydrogens (tertiary/aromatic N) is 1. The molecule has 0 heterocycles. The summed E-state index contributed by atoms with van der Waals surface area (Å²) in [6.45, 7) is 1.98. The highest BCUT2D eigenvalue weighted by molar-refractivity contribution is 6.33. The monoisotopic (exact) mass is 183 g/mol. The van der Waals surface area contributed by atoms with Gasteiger partial charge in [0.2, 0.25) is 0 Å². The molecule has 0 aliphatic rings. The second-order valence-corrected chi connectivity index (χ2v) is 2.83. The van der Waals surface area contributed by atoms with Crippen molar-refractivity contribution in [2.24, 2.45) is 4.99 Å². The summed E-state index contributed by atoms with van der Waals surface area (Å²) in [5, 5.41) is 0.642. The lowest BCUT2D eigenvalue weighted by Crippen LogP contribution is -1.77. The third-order valence-electron chi connectivity index (χ3n) is 1.40. The van der Waals surface area contributed by atoms with Gasteiger partial charge in [-0.15, -0.1) is 0 Å². The standard InChI is InChI=1S/C9H10ClNO/c1-7-3-4-9(8(10)5-7)11-6-12-2/h3-6H,1-2H3/b11-6-. The molecule has 0 aromatic heterocycles. The summed E-state index contributed by atoms with van der Waals surface area (Å²) in [7, 11) is 1.55. The van der Waals surface area contributed by atoms with Gasteiger partial charge >= 0.3 is 0 Å². The van der Waals surface area contributed by atoms with E-state index in [1.165, 1.54) is 6.40 Å². The first-order chi connectivity index (χ1) is 5.74. The van der Waals surface area contributed by atoms with E-state index in [4.69, 9.17) is 11.6 Å². The van der Waals surface area contributed by atoms with Crippen molar-refractivity contribution in [2.75, 3.05) is 7.11 Å². The summed E-state index contributed by atoms with van der Waals surface area (Å²) < 4.78 is 4.68. The quantitative estimate of drug-likeness (QED) is 0.510. The van der Waals surface area contributed by atoms with Crippen molar-refractivity contribution in [3.63, 3.8) is 0 Å². The first-order valence-corrected chi connectivity index (χ1v) is 3.93. The highest BCUT2D eigenvalue weighted by Crippen LogP contribution is 2.24. The van der Waals surface area contributed by atoms with Crippen molar-refractivity contribution in [3.05, 3.63) is 28.8 Å². The number of methoxy groups -OCH3 is 1. The van der Waals surface area contributed by atoms with Crippen molar-refractivity contribution in [3.8, 4) is 0 Å². The fourth-order valence-corrected chi connectivity index (χ4v) is 1.11. The van der Waals surface area contributed by atoms with Crippen LogP contribution in [0.15, 0.2) is 23.2 Å². The van der Waals surface area contributed by atoms with Gasteiger partial charge in [-0.1, -0.05) is 17.7 Å². The minimum atomic E-state index is 0.642. The first-order valence-electron chi connectivity index (χ1n) is 3.55. The SMILES string of the molecule is CO/C=N\c1ccc(C)cc1Cl. The van der Waals surface area contributed by atoms with E-state index >= 15 is 0 Å². The van der Waals surface area contributed by atoms with Crippen LogP contribution < -0.4 is 0 Å². The third kappa shape index (κ3) is 2.24. The Labute approximate surface area is 76.8 Å². The molecule has 0 saturated carbocycles. The number of aliphatic imine (C=N–C) groups is 1. The van der Waals surface area contributed by atoms with Gasteiger partial charge in [-0.05, 0) is 24.6 Å². The molecule has 1 rings (SSSR count). The van der Waals surface area contributed by atoms with Crippen molar-refractivity contribution in [1.82, 2.24) is 0 Å². The fraction of sp³-hybridized carbons (Fsp3) is 0.222. The van der Waals surface area contributed by atoms with Gasteiger partial charge in [-0.2, -0.15) is 0 Å². The lowest BCUT2D eigenvalue weighted by molar-refractivity contribution is 0.423. The summed E-state index contributed by atoms with van der Waals surface area (Å²) in [6.07, 6.45) is 1.36. The van der Waals surface area contributed by atoms with Gasteiger partial charge in [-0.25, -0.2) is 4.99 Å². The van der Waals surface area contributed by atoms with E-state index < -0.39 is 0 Å². The van der Waals surface area contributed by atoms with E-state index in [2.05, 4.69) is 9.73 Å². The van der Waals surface area contributed by atoms with Crippen LogP contribution in [0.4, 0.5) is 5.69 Å². The van der Waals surface area contributed by atoms with Crippen LogP contribution in [0.5, 0.6) is 0 Å². The second-order valence-electron chi connectivity index (χ2n) is 2.43. The minimum absolute atomic E-state index is 0.642. The van der Waals surface area contributed by atoms with E-state index in [0.29, 0.717) is 5.02 Å². The van der Waals surface area contributed by atoms with Crippen LogP contribution in [-0.4, -0.2) is 13.5 Å². The van der Waals surface area contributed by atoms with Gasteiger partial charge in [0, 0.05) is 0 Å². The smallest absolute Gasteiger partial charge is 0.174 e. The molecule has 12 heavy (non-hydrogen) atoms. The Morgan fingerprint density at radius 2 is 2.25 bits per heavy atom. The second kappa shape index (κ2) is 4.12. The van der Waals surface area contributed by atoms with Crippen LogP contribution in [0, 0.1) is 6.92 Å². The molecule has 0 radical (unpaired) electrons. The van der Waals surface area contributed by atoms with E-state index in [1.54, 1.807) is 7.11 Å². The molecule has 1 aromatic rings. The van der Waals surface area contributed by atoms with Crippen molar-refractivity contribution >= 4 is 23.7 Å². The topological polar surface area (TPSA) is 21.6 Å². The molecule has 0 N–H and O–H groups in total. The van der Waals surface area contributed by atoms with Crippen molar-refractivity contribution < 1.29 is 4.74 Å². The van der Waals surface area contributed by atoms with Gasteiger partial charge in [0.15, 0.2) is 6.40 Å². The predicted molar refractivity (Wildman–Crippen MR) is 51.4 cm³/mol. The third-order valence-corrected chi connectivity index (χ3v) is 1.70. The maximum atomic E-state index is 5.90. The Kier molecular flexibility index (Phi) is 3.11. The Hall–Kier alpha value is -1.02. The molecule has 0 bridgehead atoms. The van der Waals surface area contributed by atoms with Crippen molar-refractivity contribution in [1.29, 1.82) is 0 Å². The normalized spacial score (nSPS) is 10.6. The fourth-order valence-electron chi connectivity index (χ4n) is 0.826. The molecule has 2 nitrogen and oxygen atoms in total. The average molecular weight is 184 g/mol. The van der Waals surface area contributed by atoms with Gasteiger partial charge < -0.3 is 4.74 Å². The number of halogens is 1. The molecule has 0 unspecified atom stereocenters. The number of hydrogen-bond acceptors (Lipinski definition) is 2. The molecule has 3 heteroatoms. The van der Waals surface area contributed by atoms with E-state index in [-0.39, 0.29) is 0 Å². The molecule has 0 atom stereocenters. The molecule has 0 spiro atoms. The van der Waals surface area contributed by atoms with Crippen molar-refractivity contribution in [2.45, 2.75) is 6.92 Å². The maximum absolute atomic E-state index is 5.90. The zero-order valence-corrected chi connectivity index (χ0v) is 7.80. The van der Waals surface area contributed by atoms with E-state index in [1.807, 2.05) is 25.1 Å². The number of ether oxygens (including phenoxy) is 1. The number of aryl methyl sites for hydroxylation is 1. The predicted octanol–water partition coefficient (Wildman–Crippen LogP) is 2.95. The van der Waals surface area contributed by atoms with Crippen LogP contribution in [0.2, 0.25) is 5.02 Å². The number of hydrogen-bond donors (Lipinski definition) is 0. The zero-order valence-electron chi connectivity index (χ0n) is 7.04. The Balaban J connectivity index is 2.94. The number of benzene rings is 1.